The number of ether oxygens (including phenoxy) is 1. The first-order valence-corrected chi connectivity index (χ1v) is 8.12. The van der Waals surface area contributed by atoms with Crippen LogP contribution < -0.4 is 10.5 Å². The van der Waals surface area contributed by atoms with Gasteiger partial charge in [-0.15, -0.1) is 0 Å². The summed E-state index contributed by atoms with van der Waals surface area (Å²) in [5, 5.41) is 10.7. The summed E-state index contributed by atoms with van der Waals surface area (Å²) in [6.45, 7) is 0.354. The molecule has 2 unspecified atom stereocenters. The molecular formula is C16H17Br2NO2. The van der Waals surface area contributed by atoms with Crippen LogP contribution in [0.2, 0.25) is 0 Å². The van der Waals surface area contributed by atoms with Gasteiger partial charge < -0.3 is 15.6 Å². The maximum atomic E-state index is 10.7. The number of aliphatic hydroxyl groups excluding tert-OH is 1. The lowest BCUT2D eigenvalue weighted by atomic mass is 9.89. The van der Waals surface area contributed by atoms with E-state index in [4.69, 9.17) is 10.5 Å². The lowest BCUT2D eigenvalue weighted by Gasteiger charge is -2.23. The zero-order valence-corrected chi connectivity index (χ0v) is 14.8. The molecule has 3 N–H and O–H groups in total. The highest BCUT2D eigenvalue weighted by Gasteiger charge is 2.23. The van der Waals surface area contributed by atoms with Crippen LogP contribution in [0, 0.1) is 0 Å². The van der Waals surface area contributed by atoms with E-state index >= 15 is 0 Å². The van der Waals surface area contributed by atoms with Gasteiger partial charge in [0, 0.05) is 21.4 Å². The number of benzene rings is 2. The first-order chi connectivity index (χ1) is 10.1. The Kier molecular flexibility index (Phi) is 5.81. The van der Waals surface area contributed by atoms with Gasteiger partial charge in [0.25, 0.3) is 0 Å². The minimum atomic E-state index is -0.685. The quantitative estimate of drug-likeness (QED) is 0.777. The van der Waals surface area contributed by atoms with E-state index in [1.165, 1.54) is 0 Å². The lowest BCUT2D eigenvalue weighted by molar-refractivity contribution is 0.146. The third-order valence-corrected chi connectivity index (χ3v) is 4.67. The first-order valence-electron chi connectivity index (χ1n) is 6.54. The lowest BCUT2D eigenvalue weighted by Crippen LogP contribution is -2.20. The van der Waals surface area contributed by atoms with E-state index in [0.717, 1.165) is 25.8 Å². The largest absolute Gasteiger partial charge is 0.497 e. The average Bonchev–Trinajstić information content (AvgIpc) is 2.51. The SMILES string of the molecule is COc1ccc(C(CN)C(O)c2cc(Br)ccc2Br)cc1. The maximum absolute atomic E-state index is 10.7. The topological polar surface area (TPSA) is 55.5 Å². The molecule has 0 heterocycles. The third kappa shape index (κ3) is 3.86. The molecule has 0 radical (unpaired) electrons. The van der Waals surface area contributed by atoms with Crippen LogP contribution in [0.15, 0.2) is 51.4 Å². The van der Waals surface area contributed by atoms with Crippen LogP contribution in [0.3, 0.4) is 0 Å². The molecule has 2 aromatic carbocycles. The monoisotopic (exact) mass is 413 g/mol. The second-order valence-electron chi connectivity index (χ2n) is 4.73. The third-order valence-electron chi connectivity index (χ3n) is 3.46. The number of methoxy groups -OCH3 is 1. The number of rotatable bonds is 5. The molecule has 0 saturated carbocycles. The summed E-state index contributed by atoms with van der Waals surface area (Å²) in [7, 11) is 1.63. The van der Waals surface area contributed by atoms with Crippen molar-refractivity contribution in [3.63, 3.8) is 0 Å². The number of halogens is 2. The van der Waals surface area contributed by atoms with Crippen molar-refractivity contribution >= 4 is 31.9 Å². The molecule has 0 fully saturated rings. The number of hydrogen-bond acceptors (Lipinski definition) is 3. The molecule has 0 saturated heterocycles. The Morgan fingerprint density at radius 2 is 1.81 bits per heavy atom. The number of aliphatic hydroxyl groups is 1. The van der Waals surface area contributed by atoms with Crippen molar-refractivity contribution in [3.05, 3.63) is 62.5 Å². The Morgan fingerprint density at radius 1 is 1.14 bits per heavy atom. The van der Waals surface area contributed by atoms with Crippen LogP contribution in [-0.2, 0) is 0 Å². The van der Waals surface area contributed by atoms with Crippen molar-refractivity contribution in [3.8, 4) is 5.75 Å². The van der Waals surface area contributed by atoms with Gasteiger partial charge in [0.2, 0.25) is 0 Å². The molecule has 21 heavy (non-hydrogen) atoms. The van der Waals surface area contributed by atoms with E-state index in [-0.39, 0.29) is 5.92 Å². The smallest absolute Gasteiger partial charge is 0.118 e. The molecule has 3 nitrogen and oxygen atoms in total. The van der Waals surface area contributed by atoms with Gasteiger partial charge in [-0.3, -0.25) is 0 Å². The van der Waals surface area contributed by atoms with E-state index in [1.54, 1.807) is 7.11 Å². The first kappa shape index (κ1) is 16.5. The highest BCUT2D eigenvalue weighted by molar-refractivity contribution is 9.11. The summed E-state index contributed by atoms with van der Waals surface area (Å²) in [5.74, 6) is 0.606. The van der Waals surface area contributed by atoms with Gasteiger partial charge >= 0.3 is 0 Å². The van der Waals surface area contributed by atoms with Crippen LogP contribution in [0.25, 0.3) is 0 Å². The highest BCUT2D eigenvalue weighted by Crippen LogP contribution is 2.36. The van der Waals surface area contributed by atoms with E-state index in [2.05, 4.69) is 31.9 Å². The molecule has 2 rings (SSSR count). The minimum absolute atomic E-state index is 0.179. The fraction of sp³-hybridized carbons (Fsp3) is 0.250. The molecule has 5 heteroatoms. The Morgan fingerprint density at radius 3 is 2.38 bits per heavy atom. The molecule has 2 aromatic rings. The number of nitrogens with two attached hydrogens (primary N) is 1. The fourth-order valence-electron chi connectivity index (χ4n) is 2.26. The summed E-state index contributed by atoms with van der Waals surface area (Å²) in [6, 6.07) is 13.4. The van der Waals surface area contributed by atoms with Crippen molar-refractivity contribution in [2.45, 2.75) is 12.0 Å². The molecule has 2 atom stereocenters. The summed E-state index contributed by atoms with van der Waals surface area (Å²) >= 11 is 6.91. The molecule has 0 amide bonds. The average molecular weight is 415 g/mol. The molecule has 0 aliphatic heterocycles. The van der Waals surface area contributed by atoms with E-state index in [9.17, 15) is 5.11 Å². The molecular weight excluding hydrogens is 398 g/mol. The van der Waals surface area contributed by atoms with Crippen LogP contribution in [0.5, 0.6) is 5.75 Å². The van der Waals surface area contributed by atoms with Crippen molar-refractivity contribution in [1.29, 1.82) is 0 Å². The zero-order valence-electron chi connectivity index (χ0n) is 11.6. The summed E-state index contributed by atoms with van der Waals surface area (Å²) in [5.41, 5.74) is 7.68. The Bertz CT molecular complexity index is 602. The van der Waals surface area contributed by atoms with Crippen molar-refractivity contribution in [2.75, 3.05) is 13.7 Å². The Balaban J connectivity index is 2.33. The zero-order chi connectivity index (χ0) is 15.4. The van der Waals surface area contributed by atoms with Gasteiger partial charge in [-0.25, -0.2) is 0 Å². The van der Waals surface area contributed by atoms with Crippen molar-refractivity contribution < 1.29 is 9.84 Å². The van der Waals surface area contributed by atoms with Gasteiger partial charge in [-0.1, -0.05) is 44.0 Å². The molecule has 112 valence electrons. The van der Waals surface area contributed by atoms with Crippen LogP contribution >= 0.6 is 31.9 Å². The van der Waals surface area contributed by atoms with Gasteiger partial charge in [0.1, 0.15) is 5.75 Å². The number of hydrogen-bond donors (Lipinski definition) is 2. The van der Waals surface area contributed by atoms with Gasteiger partial charge in [0.05, 0.1) is 13.2 Å². The normalized spacial score (nSPS) is 13.8. The van der Waals surface area contributed by atoms with Gasteiger partial charge in [0.15, 0.2) is 0 Å². The summed E-state index contributed by atoms with van der Waals surface area (Å²) in [6.07, 6.45) is -0.685. The summed E-state index contributed by atoms with van der Waals surface area (Å²) in [4.78, 5) is 0. The maximum Gasteiger partial charge on any atom is 0.118 e. The van der Waals surface area contributed by atoms with Gasteiger partial charge in [-0.2, -0.15) is 0 Å². The second kappa shape index (κ2) is 7.40. The van der Waals surface area contributed by atoms with E-state index < -0.39 is 6.10 Å². The predicted octanol–water partition coefficient (Wildman–Crippen LogP) is 4.00. The van der Waals surface area contributed by atoms with E-state index in [0.29, 0.717) is 6.54 Å². The van der Waals surface area contributed by atoms with Crippen LogP contribution in [0.1, 0.15) is 23.1 Å². The Hall–Kier alpha value is -0.880. The minimum Gasteiger partial charge on any atom is -0.497 e. The fourth-order valence-corrected chi connectivity index (χ4v) is 3.12. The highest BCUT2D eigenvalue weighted by atomic mass is 79.9. The van der Waals surface area contributed by atoms with Crippen LogP contribution in [-0.4, -0.2) is 18.8 Å². The molecule has 0 aliphatic rings. The molecule has 0 bridgehead atoms. The van der Waals surface area contributed by atoms with Crippen molar-refractivity contribution in [1.82, 2.24) is 0 Å². The standard InChI is InChI=1S/C16H17Br2NO2/c1-21-12-5-2-10(3-6-12)14(9-19)16(20)13-8-11(17)4-7-15(13)18/h2-8,14,16,20H,9,19H2,1H3. The summed E-state index contributed by atoms with van der Waals surface area (Å²) < 4.78 is 6.94. The van der Waals surface area contributed by atoms with E-state index in [1.807, 2.05) is 42.5 Å². The molecule has 0 aromatic heterocycles. The molecule has 0 spiro atoms. The van der Waals surface area contributed by atoms with Crippen LogP contribution in [0.4, 0.5) is 0 Å². The predicted molar refractivity (Wildman–Crippen MR) is 91.6 cm³/mol. The van der Waals surface area contributed by atoms with Crippen molar-refractivity contribution in [2.24, 2.45) is 5.73 Å². The Labute approximate surface area is 141 Å². The molecule has 0 aliphatic carbocycles. The van der Waals surface area contributed by atoms with Gasteiger partial charge in [-0.05, 0) is 41.5 Å². The second-order valence-corrected chi connectivity index (χ2v) is 6.50.